The van der Waals surface area contributed by atoms with Crippen LogP contribution in [0.3, 0.4) is 0 Å². The number of methoxy groups -OCH3 is 1. The average Bonchev–Trinajstić information content (AvgIpc) is 2.60. The Hall–Kier alpha value is -1.03. The molecule has 1 atom stereocenters. The van der Waals surface area contributed by atoms with Crippen molar-refractivity contribution in [2.24, 2.45) is 0 Å². The molecule has 1 aromatic rings. The number of ether oxygens (including phenoxy) is 1. The van der Waals surface area contributed by atoms with Crippen LogP contribution in [-0.4, -0.2) is 29.3 Å². The van der Waals surface area contributed by atoms with Gasteiger partial charge in [-0.3, -0.25) is 0 Å². The van der Waals surface area contributed by atoms with Crippen molar-refractivity contribution in [2.45, 2.75) is 52.6 Å². The Morgan fingerprint density at radius 1 is 1.47 bits per heavy atom. The summed E-state index contributed by atoms with van der Waals surface area (Å²) in [6.45, 7) is 9.26. The van der Waals surface area contributed by atoms with Crippen LogP contribution in [0.25, 0.3) is 0 Å². The summed E-state index contributed by atoms with van der Waals surface area (Å²) >= 11 is 0. The van der Waals surface area contributed by atoms with Crippen LogP contribution in [0.15, 0.2) is 6.20 Å². The highest BCUT2D eigenvalue weighted by molar-refractivity contribution is 5.31. The van der Waals surface area contributed by atoms with Gasteiger partial charge in [0.2, 0.25) is 5.95 Å². The van der Waals surface area contributed by atoms with Crippen LogP contribution in [0.4, 0.5) is 5.95 Å². The monoisotopic (exact) mass is 239 g/mol. The third kappa shape index (κ3) is 4.04. The number of nitrogens with zero attached hydrogens (tertiary/aromatic N) is 2. The van der Waals surface area contributed by atoms with Crippen molar-refractivity contribution in [1.82, 2.24) is 9.55 Å². The second-order valence-electron chi connectivity index (χ2n) is 4.79. The Bertz CT molecular complexity index is 327. The van der Waals surface area contributed by atoms with Crippen molar-refractivity contribution >= 4 is 5.95 Å². The first-order valence-electron chi connectivity index (χ1n) is 6.39. The molecule has 0 fully saturated rings. The number of rotatable bonds is 7. The van der Waals surface area contributed by atoms with Crippen LogP contribution in [-0.2, 0) is 4.74 Å². The fraction of sp³-hybridized carbons (Fsp3) is 0.769. The van der Waals surface area contributed by atoms with E-state index in [9.17, 15) is 0 Å². The summed E-state index contributed by atoms with van der Waals surface area (Å²) in [7, 11) is 1.74. The lowest BCUT2D eigenvalue weighted by Gasteiger charge is -2.20. The van der Waals surface area contributed by atoms with Gasteiger partial charge >= 0.3 is 0 Å². The molecule has 98 valence electrons. The molecule has 0 radical (unpaired) electrons. The summed E-state index contributed by atoms with van der Waals surface area (Å²) in [5.74, 6) is 0.952. The molecule has 0 aliphatic carbocycles. The zero-order valence-corrected chi connectivity index (χ0v) is 11.7. The smallest absolute Gasteiger partial charge is 0.203 e. The molecule has 17 heavy (non-hydrogen) atoms. The maximum atomic E-state index is 5.24. The lowest BCUT2D eigenvalue weighted by Crippen LogP contribution is -2.26. The molecule has 0 aromatic carbocycles. The minimum absolute atomic E-state index is 0.337. The van der Waals surface area contributed by atoms with Crippen molar-refractivity contribution in [1.29, 1.82) is 0 Å². The fourth-order valence-electron chi connectivity index (χ4n) is 1.95. The molecule has 0 spiro atoms. The Labute approximate surface area is 104 Å². The molecule has 0 amide bonds. The van der Waals surface area contributed by atoms with Crippen molar-refractivity contribution in [3.05, 3.63) is 11.9 Å². The van der Waals surface area contributed by atoms with Crippen LogP contribution in [0.5, 0.6) is 0 Å². The highest BCUT2D eigenvalue weighted by Crippen LogP contribution is 2.17. The van der Waals surface area contributed by atoms with Gasteiger partial charge in [0.15, 0.2) is 0 Å². The molecule has 0 bridgehead atoms. The van der Waals surface area contributed by atoms with E-state index in [0.29, 0.717) is 12.1 Å². The number of nitrogens with one attached hydrogen (secondary N) is 1. The molecule has 1 aromatic heterocycles. The third-order valence-corrected chi connectivity index (χ3v) is 2.75. The maximum Gasteiger partial charge on any atom is 0.203 e. The number of anilines is 1. The van der Waals surface area contributed by atoms with Gasteiger partial charge in [-0.25, -0.2) is 4.98 Å². The standard InChI is InChI=1S/C13H25N3O/c1-6-7-12(9-17-5)15-13-14-11(4)8-16(13)10(2)3/h8,10,12H,6-7,9H2,1-5H3,(H,14,15). The lowest BCUT2D eigenvalue weighted by atomic mass is 10.2. The van der Waals surface area contributed by atoms with E-state index in [0.717, 1.165) is 31.1 Å². The molecule has 1 heterocycles. The minimum Gasteiger partial charge on any atom is -0.383 e. The largest absolute Gasteiger partial charge is 0.383 e. The minimum atomic E-state index is 0.337. The van der Waals surface area contributed by atoms with E-state index < -0.39 is 0 Å². The Morgan fingerprint density at radius 2 is 2.18 bits per heavy atom. The zero-order valence-electron chi connectivity index (χ0n) is 11.7. The van der Waals surface area contributed by atoms with Gasteiger partial charge in [-0.15, -0.1) is 0 Å². The number of aromatic nitrogens is 2. The van der Waals surface area contributed by atoms with Crippen molar-refractivity contribution in [3.8, 4) is 0 Å². The normalized spacial score (nSPS) is 13.1. The molecule has 0 aliphatic heterocycles. The molecule has 1 N–H and O–H groups in total. The van der Waals surface area contributed by atoms with Gasteiger partial charge in [-0.05, 0) is 27.2 Å². The van der Waals surface area contributed by atoms with Crippen LogP contribution < -0.4 is 5.32 Å². The zero-order chi connectivity index (χ0) is 12.8. The van der Waals surface area contributed by atoms with E-state index in [-0.39, 0.29) is 0 Å². The quantitative estimate of drug-likeness (QED) is 0.795. The predicted molar refractivity (Wildman–Crippen MR) is 71.5 cm³/mol. The average molecular weight is 239 g/mol. The van der Waals surface area contributed by atoms with Gasteiger partial charge in [0.05, 0.1) is 18.3 Å². The van der Waals surface area contributed by atoms with E-state index in [1.165, 1.54) is 0 Å². The number of hydrogen-bond acceptors (Lipinski definition) is 3. The van der Waals surface area contributed by atoms with Gasteiger partial charge in [-0.1, -0.05) is 13.3 Å². The first-order valence-corrected chi connectivity index (χ1v) is 6.39. The van der Waals surface area contributed by atoms with Gasteiger partial charge in [0.25, 0.3) is 0 Å². The second kappa shape index (κ2) is 6.64. The Kier molecular flexibility index (Phi) is 5.48. The Balaban J connectivity index is 2.76. The van der Waals surface area contributed by atoms with E-state index in [2.05, 4.69) is 41.8 Å². The Morgan fingerprint density at radius 3 is 2.71 bits per heavy atom. The SMILES string of the molecule is CCCC(COC)Nc1nc(C)cn1C(C)C. The molecule has 1 rings (SSSR count). The van der Waals surface area contributed by atoms with Crippen LogP contribution in [0, 0.1) is 6.92 Å². The van der Waals surface area contributed by atoms with Gasteiger partial charge in [-0.2, -0.15) is 0 Å². The van der Waals surface area contributed by atoms with Crippen molar-refractivity contribution in [2.75, 3.05) is 19.0 Å². The lowest BCUT2D eigenvalue weighted by molar-refractivity contribution is 0.182. The number of hydrogen-bond donors (Lipinski definition) is 1. The third-order valence-electron chi connectivity index (χ3n) is 2.75. The summed E-state index contributed by atoms with van der Waals surface area (Å²) in [6, 6.07) is 0.757. The van der Waals surface area contributed by atoms with Crippen molar-refractivity contribution < 1.29 is 4.74 Å². The molecular weight excluding hydrogens is 214 g/mol. The number of aryl methyl sites for hydroxylation is 1. The van der Waals surface area contributed by atoms with Crippen LogP contribution in [0.1, 0.15) is 45.3 Å². The molecule has 0 saturated carbocycles. The van der Waals surface area contributed by atoms with Crippen molar-refractivity contribution in [3.63, 3.8) is 0 Å². The molecule has 4 nitrogen and oxygen atoms in total. The summed E-state index contributed by atoms with van der Waals surface area (Å²) in [5.41, 5.74) is 1.05. The van der Waals surface area contributed by atoms with Gasteiger partial charge in [0, 0.05) is 19.3 Å². The summed E-state index contributed by atoms with van der Waals surface area (Å²) < 4.78 is 7.41. The molecule has 0 aliphatic rings. The van der Waals surface area contributed by atoms with Crippen LogP contribution in [0.2, 0.25) is 0 Å². The molecule has 4 heteroatoms. The van der Waals surface area contributed by atoms with Gasteiger partial charge in [0.1, 0.15) is 0 Å². The van der Waals surface area contributed by atoms with E-state index >= 15 is 0 Å². The van der Waals surface area contributed by atoms with Crippen LogP contribution >= 0.6 is 0 Å². The van der Waals surface area contributed by atoms with E-state index in [1.807, 2.05) is 6.92 Å². The first-order chi connectivity index (χ1) is 8.08. The van der Waals surface area contributed by atoms with E-state index in [1.54, 1.807) is 7.11 Å². The summed E-state index contributed by atoms with van der Waals surface area (Å²) in [5, 5.41) is 3.48. The molecule has 1 unspecified atom stereocenters. The predicted octanol–water partition coefficient (Wildman–Crippen LogP) is 3.00. The highest BCUT2D eigenvalue weighted by Gasteiger charge is 2.13. The summed E-state index contributed by atoms with van der Waals surface area (Å²) in [6.07, 6.45) is 4.32. The summed E-state index contributed by atoms with van der Waals surface area (Å²) in [4.78, 5) is 4.53. The molecule has 0 saturated heterocycles. The highest BCUT2D eigenvalue weighted by atomic mass is 16.5. The second-order valence-corrected chi connectivity index (χ2v) is 4.79. The maximum absolute atomic E-state index is 5.24. The van der Waals surface area contributed by atoms with E-state index in [4.69, 9.17) is 4.74 Å². The fourth-order valence-corrected chi connectivity index (χ4v) is 1.95. The number of imidazole rings is 1. The topological polar surface area (TPSA) is 39.1 Å². The molecular formula is C13H25N3O. The van der Waals surface area contributed by atoms with Gasteiger partial charge < -0.3 is 14.6 Å². The first kappa shape index (κ1) is 14.0.